The molecule has 148 valence electrons. The molecule has 27 heavy (non-hydrogen) atoms. The fourth-order valence-corrected chi connectivity index (χ4v) is 4.18. The standard InChI is InChI=1S/C22H33N3O2/c1-22(2,3)21(27)24-12-10-18(11-13-24)20(26)25-15-14-23(4)16-19(25)17-8-6-5-7-9-17/h5-9,18-19H,10-16H2,1-4H3. The molecule has 2 saturated heterocycles. The number of nitrogens with zero attached hydrogens (tertiary/aromatic N) is 3. The highest BCUT2D eigenvalue weighted by Crippen LogP contribution is 2.30. The minimum Gasteiger partial charge on any atom is -0.342 e. The number of benzene rings is 1. The molecular formula is C22H33N3O2. The highest BCUT2D eigenvalue weighted by Gasteiger charge is 2.37. The molecule has 1 aromatic rings. The average Bonchev–Trinajstić information content (AvgIpc) is 2.67. The topological polar surface area (TPSA) is 43.9 Å². The van der Waals surface area contributed by atoms with E-state index < -0.39 is 0 Å². The lowest BCUT2D eigenvalue weighted by molar-refractivity contribution is -0.147. The van der Waals surface area contributed by atoms with Crippen molar-refractivity contribution in [1.29, 1.82) is 0 Å². The van der Waals surface area contributed by atoms with Gasteiger partial charge in [-0.15, -0.1) is 0 Å². The van der Waals surface area contributed by atoms with E-state index in [0.29, 0.717) is 13.1 Å². The van der Waals surface area contributed by atoms with E-state index in [0.717, 1.165) is 32.5 Å². The lowest BCUT2D eigenvalue weighted by Crippen LogP contribution is -2.53. The fourth-order valence-electron chi connectivity index (χ4n) is 4.18. The van der Waals surface area contributed by atoms with E-state index in [1.54, 1.807) is 0 Å². The van der Waals surface area contributed by atoms with Gasteiger partial charge in [-0.2, -0.15) is 0 Å². The second-order valence-corrected chi connectivity index (χ2v) is 9.04. The normalized spacial score (nSPS) is 22.7. The molecule has 0 aliphatic carbocycles. The van der Waals surface area contributed by atoms with Crippen LogP contribution in [0.25, 0.3) is 0 Å². The summed E-state index contributed by atoms with van der Waals surface area (Å²) in [5.74, 6) is 0.485. The number of amides is 2. The van der Waals surface area contributed by atoms with Crippen molar-refractivity contribution >= 4 is 11.8 Å². The molecule has 2 fully saturated rings. The van der Waals surface area contributed by atoms with Crippen LogP contribution in [0, 0.1) is 11.3 Å². The summed E-state index contributed by atoms with van der Waals surface area (Å²) >= 11 is 0. The molecule has 5 heteroatoms. The van der Waals surface area contributed by atoms with Gasteiger partial charge in [0.2, 0.25) is 11.8 Å². The summed E-state index contributed by atoms with van der Waals surface area (Å²) in [5.41, 5.74) is 0.852. The van der Waals surface area contributed by atoms with Gasteiger partial charge in [-0.1, -0.05) is 51.1 Å². The van der Waals surface area contributed by atoms with Crippen LogP contribution < -0.4 is 0 Å². The predicted octanol–water partition coefficient (Wildman–Crippen LogP) is 2.79. The summed E-state index contributed by atoms with van der Waals surface area (Å²) < 4.78 is 0. The van der Waals surface area contributed by atoms with E-state index in [-0.39, 0.29) is 29.2 Å². The molecule has 2 heterocycles. The van der Waals surface area contributed by atoms with E-state index in [9.17, 15) is 9.59 Å². The summed E-state index contributed by atoms with van der Waals surface area (Å²) in [6.45, 7) is 9.82. The first-order valence-electron chi connectivity index (χ1n) is 10.1. The van der Waals surface area contributed by atoms with Gasteiger partial charge in [0.1, 0.15) is 0 Å². The van der Waals surface area contributed by atoms with Crippen molar-refractivity contribution in [3.8, 4) is 0 Å². The van der Waals surface area contributed by atoms with E-state index in [4.69, 9.17) is 0 Å². The zero-order valence-corrected chi connectivity index (χ0v) is 17.1. The molecule has 2 amide bonds. The first-order chi connectivity index (χ1) is 12.8. The van der Waals surface area contributed by atoms with Gasteiger partial charge in [0.05, 0.1) is 6.04 Å². The minimum absolute atomic E-state index is 0.0311. The maximum atomic E-state index is 13.3. The van der Waals surface area contributed by atoms with Crippen molar-refractivity contribution < 1.29 is 9.59 Å². The van der Waals surface area contributed by atoms with Gasteiger partial charge in [0.15, 0.2) is 0 Å². The molecule has 2 aliphatic heterocycles. The summed E-state index contributed by atoms with van der Waals surface area (Å²) in [6.07, 6.45) is 1.54. The Kier molecular flexibility index (Phi) is 5.89. The van der Waals surface area contributed by atoms with Crippen molar-refractivity contribution in [2.24, 2.45) is 11.3 Å². The smallest absolute Gasteiger partial charge is 0.227 e. The van der Waals surface area contributed by atoms with Crippen LogP contribution in [0.4, 0.5) is 0 Å². The summed E-state index contributed by atoms with van der Waals surface area (Å²) in [4.78, 5) is 32.1. The number of piperidine rings is 1. The maximum absolute atomic E-state index is 13.3. The zero-order valence-electron chi connectivity index (χ0n) is 17.1. The number of carbonyl (C=O) groups excluding carboxylic acids is 2. The Morgan fingerprint density at radius 3 is 2.19 bits per heavy atom. The Labute approximate surface area is 163 Å². The summed E-state index contributed by atoms with van der Waals surface area (Å²) in [5, 5.41) is 0. The molecule has 1 aromatic carbocycles. The molecular weight excluding hydrogens is 338 g/mol. The summed E-state index contributed by atoms with van der Waals surface area (Å²) in [6, 6.07) is 10.5. The highest BCUT2D eigenvalue weighted by molar-refractivity contribution is 5.83. The quantitative estimate of drug-likeness (QED) is 0.803. The van der Waals surface area contributed by atoms with Gasteiger partial charge >= 0.3 is 0 Å². The number of piperazine rings is 1. The predicted molar refractivity (Wildman–Crippen MR) is 107 cm³/mol. The van der Waals surface area contributed by atoms with E-state index in [1.165, 1.54) is 5.56 Å². The largest absolute Gasteiger partial charge is 0.342 e. The van der Waals surface area contributed by atoms with Crippen LogP contribution in [0.15, 0.2) is 30.3 Å². The third-order valence-corrected chi connectivity index (χ3v) is 5.82. The van der Waals surface area contributed by atoms with E-state index in [1.807, 2.05) is 43.9 Å². The lowest BCUT2D eigenvalue weighted by atomic mass is 9.89. The van der Waals surface area contributed by atoms with Gasteiger partial charge in [-0.05, 0) is 25.5 Å². The fraction of sp³-hybridized carbons (Fsp3) is 0.636. The lowest BCUT2D eigenvalue weighted by Gasteiger charge is -2.43. The first kappa shape index (κ1) is 19.9. The van der Waals surface area contributed by atoms with Gasteiger partial charge in [0.25, 0.3) is 0 Å². The van der Waals surface area contributed by atoms with Gasteiger partial charge in [-0.25, -0.2) is 0 Å². The molecule has 2 aliphatic rings. The third-order valence-electron chi connectivity index (χ3n) is 5.82. The monoisotopic (exact) mass is 371 g/mol. The van der Waals surface area contributed by atoms with Crippen LogP contribution >= 0.6 is 0 Å². The van der Waals surface area contributed by atoms with Crippen LogP contribution in [-0.2, 0) is 9.59 Å². The van der Waals surface area contributed by atoms with Crippen LogP contribution in [0.1, 0.15) is 45.2 Å². The molecule has 1 unspecified atom stereocenters. The number of likely N-dealkylation sites (N-methyl/N-ethyl adjacent to an activating group) is 1. The Balaban J connectivity index is 1.67. The SMILES string of the molecule is CN1CCN(C(=O)C2CCN(C(=O)C(C)(C)C)CC2)C(c2ccccc2)C1. The van der Waals surface area contributed by atoms with Crippen LogP contribution in [0.3, 0.4) is 0 Å². The number of likely N-dealkylation sites (tertiary alicyclic amines) is 1. The van der Waals surface area contributed by atoms with Crippen LogP contribution in [0.5, 0.6) is 0 Å². The number of rotatable bonds is 2. The number of hydrogen-bond acceptors (Lipinski definition) is 3. The van der Waals surface area contributed by atoms with Gasteiger partial charge in [0, 0.05) is 44.1 Å². The zero-order chi connectivity index (χ0) is 19.6. The Hall–Kier alpha value is -1.88. The van der Waals surface area contributed by atoms with E-state index >= 15 is 0 Å². The van der Waals surface area contributed by atoms with Gasteiger partial charge in [-0.3, -0.25) is 9.59 Å². The Bertz CT molecular complexity index is 660. The second kappa shape index (κ2) is 8.01. The number of hydrogen-bond donors (Lipinski definition) is 0. The first-order valence-corrected chi connectivity index (χ1v) is 10.1. The molecule has 0 radical (unpaired) electrons. The highest BCUT2D eigenvalue weighted by atomic mass is 16.2. The molecule has 0 aromatic heterocycles. The molecule has 0 bridgehead atoms. The molecule has 3 rings (SSSR count). The Morgan fingerprint density at radius 2 is 1.59 bits per heavy atom. The maximum Gasteiger partial charge on any atom is 0.227 e. The Morgan fingerprint density at radius 1 is 0.963 bits per heavy atom. The summed E-state index contributed by atoms with van der Waals surface area (Å²) in [7, 11) is 2.12. The van der Waals surface area contributed by atoms with Crippen molar-refractivity contribution in [2.75, 3.05) is 39.8 Å². The van der Waals surface area contributed by atoms with Crippen molar-refractivity contribution in [3.05, 3.63) is 35.9 Å². The molecule has 0 saturated carbocycles. The van der Waals surface area contributed by atoms with E-state index in [2.05, 4.69) is 29.0 Å². The molecule has 0 N–H and O–H groups in total. The van der Waals surface area contributed by atoms with Gasteiger partial charge < -0.3 is 14.7 Å². The van der Waals surface area contributed by atoms with Crippen LogP contribution in [0.2, 0.25) is 0 Å². The minimum atomic E-state index is -0.354. The van der Waals surface area contributed by atoms with Crippen molar-refractivity contribution in [2.45, 2.75) is 39.7 Å². The molecule has 0 spiro atoms. The average molecular weight is 372 g/mol. The van der Waals surface area contributed by atoms with Crippen LogP contribution in [-0.4, -0.2) is 66.3 Å². The molecule has 5 nitrogen and oxygen atoms in total. The molecule has 1 atom stereocenters. The third kappa shape index (κ3) is 4.52. The van der Waals surface area contributed by atoms with Crippen molar-refractivity contribution in [3.63, 3.8) is 0 Å². The second-order valence-electron chi connectivity index (χ2n) is 9.04. The van der Waals surface area contributed by atoms with Crippen molar-refractivity contribution in [1.82, 2.24) is 14.7 Å². The number of carbonyl (C=O) groups is 2.